The molecule has 3 nitrogen and oxygen atoms in total. The van der Waals surface area contributed by atoms with Crippen LogP contribution in [-0.4, -0.2) is 36.6 Å². The van der Waals surface area contributed by atoms with Crippen LogP contribution in [0.1, 0.15) is 38.3 Å². The molecule has 0 bridgehead atoms. The van der Waals surface area contributed by atoms with Crippen LogP contribution in [0.15, 0.2) is 36.5 Å². The number of fused-ring (bicyclic) bond motifs is 1. The zero-order chi connectivity index (χ0) is 15.5. The maximum Gasteiger partial charge on any atom is 0.0705 e. The minimum absolute atomic E-state index is 0.0961. The second-order valence-corrected chi connectivity index (χ2v) is 5.84. The summed E-state index contributed by atoms with van der Waals surface area (Å²) in [4.78, 5) is 6.86. The van der Waals surface area contributed by atoms with Gasteiger partial charge in [0, 0.05) is 17.1 Å². The van der Waals surface area contributed by atoms with Crippen LogP contribution in [0.4, 0.5) is 0 Å². The van der Waals surface area contributed by atoms with Gasteiger partial charge in [0.25, 0.3) is 0 Å². The van der Waals surface area contributed by atoms with Crippen molar-refractivity contribution in [3.63, 3.8) is 0 Å². The molecule has 3 heteroatoms. The second kappa shape index (κ2) is 6.54. The number of hydrogen-bond acceptors (Lipinski definition) is 3. The van der Waals surface area contributed by atoms with Crippen molar-refractivity contribution in [1.82, 2.24) is 15.2 Å². The molecule has 21 heavy (non-hydrogen) atoms. The van der Waals surface area contributed by atoms with E-state index in [1.807, 2.05) is 12.3 Å². The Morgan fingerprint density at radius 1 is 1.14 bits per heavy atom. The zero-order valence-electron chi connectivity index (χ0n) is 13.9. The van der Waals surface area contributed by atoms with Crippen molar-refractivity contribution in [2.24, 2.45) is 0 Å². The quantitative estimate of drug-likeness (QED) is 0.878. The Morgan fingerprint density at radius 2 is 1.86 bits per heavy atom. The molecule has 1 aromatic heterocycles. The fourth-order valence-electron chi connectivity index (χ4n) is 3.64. The van der Waals surface area contributed by atoms with E-state index in [4.69, 9.17) is 0 Å². The fourth-order valence-corrected chi connectivity index (χ4v) is 3.64. The Labute approximate surface area is 128 Å². The molecule has 0 saturated carbocycles. The number of pyridine rings is 1. The molecule has 0 aliphatic rings. The maximum absolute atomic E-state index is 4.50. The third kappa shape index (κ3) is 2.68. The van der Waals surface area contributed by atoms with Crippen LogP contribution in [0.2, 0.25) is 0 Å². The predicted octanol–water partition coefficient (Wildman–Crippen LogP) is 3.62. The summed E-state index contributed by atoms with van der Waals surface area (Å²) in [6.45, 7) is 4.55. The molecule has 1 aromatic carbocycles. The van der Waals surface area contributed by atoms with E-state index in [9.17, 15) is 0 Å². The molecule has 0 aliphatic carbocycles. The van der Waals surface area contributed by atoms with Crippen molar-refractivity contribution in [2.45, 2.75) is 38.3 Å². The van der Waals surface area contributed by atoms with Gasteiger partial charge in [-0.2, -0.15) is 0 Å². The summed E-state index contributed by atoms with van der Waals surface area (Å²) in [6, 6.07) is 10.9. The van der Waals surface area contributed by atoms with Crippen LogP contribution in [0.25, 0.3) is 10.9 Å². The molecule has 0 aliphatic heterocycles. The number of benzene rings is 1. The molecule has 0 spiro atoms. The van der Waals surface area contributed by atoms with Crippen LogP contribution in [-0.2, 0) is 0 Å². The lowest BCUT2D eigenvalue weighted by Crippen LogP contribution is -2.52. The SMILES string of the molecule is CCC(CC)(C(NC)c1cccc2ncccc12)N(C)C. The number of nitrogens with one attached hydrogen (secondary N) is 1. The van der Waals surface area contributed by atoms with Crippen molar-refractivity contribution in [3.8, 4) is 0 Å². The van der Waals surface area contributed by atoms with E-state index >= 15 is 0 Å². The molecule has 1 atom stereocenters. The highest BCUT2D eigenvalue weighted by Gasteiger charge is 2.38. The van der Waals surface area contributed by atoms with Crippen molar-refractivity contribution in [2.75, 3.05) is 21.1 Å². The number of hydrogen-bond donors (Lipinski definition) is 1. The van der Waals surface area contributed by atoms with Gasteiger partial charge in [0.15, 0.2) is 0 Å². The van der Waals surface area contributed by atoms with E-state index in [0.29, 0.717) is 0 Å². The van der Waals surface area contributed by atoms with Gasteiger partial charge in [0.1, 0.15) is 0 Å². The number of rotatable bonds is 6. The molecule has 2 aromatic rings. The standard InChI is InChI=1S/C18H27N3/c1-6-18(7-2,21(4)5)17(19-3)15-10-8-12-16-14(15)11-9-13-20-16/h8-13,17,19H,6-7H2,1-5H3. The van der Waals surface area contributed by atoms with Gasteiger partial charge in [-0.25, -0.2) is 0 Å². The first-order valence-corrected chi connectivity index (χ1v) is 7.79. The van der Waals surface area contributed by atoms with E-state index in [-0.39, 0.29) is 11.6 Å². The summed E-state index contributed by atoms with van der Waals surface area (Å²) < 4.78 is 0. The summed E-state index contributed by atoms with van der Waals surface area (Å²) >= 11 is 0. The molecule has 1 heterocycles. The smallest absolute Gasteiger partial charge is 0.0705 e. The highest BCUT2D eigenvalue weighted by atomic mass is 15.2. The van der Waals surface area contributed by atoms with E-state index < -0.39 is 0 Å². The van der Waals surface area contributed by atoms with Crippen molar-refractivity contribution >= 4 is 10.9 Å². The topological polar surface area (TPSA) is 28.2 Å². The lowest BCUT2D eigenvalue weighted by Gasteiger charge is -2.45. The zero-order valence-corrected chi connectivity index (χ0v) is 13.9. The monoisotopic (exact) mass is 285 g/mol. The molecule has 1 unspecified atom stereocenters. The molecular formula is C18H27N3. The van der Waals surface area contributed by atoms with E-state index in [1.54, 1.807) is 0 Å². The molecule has 0 saturated heterocycles. The molecule has 0 amide bonds. The Bertz CT molecular complexity index is 583. The summed E-state index contributed by atoms with van der Waals surface area (Å²) in [5.41, 5.74) is 2.49. The number of aromatic nitrogens is 1. The first kappa shape index (κ1) is 15.9. The number of likely N-dealkylation sites (N-methyl/N-ethyl adjacent to an activating group) is 2. The molecule has 114 valence electrons. The van der Waals surface area contributed by atoms with Gasteiger partial charge in [-0.15, -0.1) is 0 Å². The van der Waals surface area contributed by atoms with Crippen molar-refractivity contribution in [1.29, 1.82) is 0 Å². The molecule has 1 N–H and O–H groups in total. The third-order valence-corrected chi connectivity index (χ3v) is 4.93. The fraction of sp³-hybridized carbons (Fsp3) is 0.500. The van der Waals surface area contributed by atoms with E-state index in [2.05, 4.69) is 74.5 Å². The van der Waals surface area contributed by atoms with Gasteiger partial charge < -0.3 is 10.2 Å². The lowest BCUT2D eigenvalue weighted by atomic mass is 9.78. The van der Waals surface area contributed by atoms with Crippen LogP contribution < -0.4 is 5.32 Å². The van der Waals surface area contributed by atoms with Crippen molar-refractivity contribution < 1.29 is 0 Å². The third-order valence-electron chi connectivity index (χ3n) is 4.93. The minimum Gasteiger partial charge on any atom is -0.311 e. The number of nitrogens with zero attached hydrogens (tertiary/aromatic N) is 2. The summed E-state index contributed by atoms with van der Waals surface area (Å²) in [7, 11) is 6.42. The summed E-state index contributed by atoms with van der Waals surface area (Å²) in [5, 5.41) is 4.81. The van der Waals surface area contributed by atoms with Gasteiger partial charge in [-0.3, -0.25) is 4.98 Å². The minimum atomic E-state index is 0.0961. The van der Waals surface area contributed by atoms with E-state index in [1.165, 1.54) is 10.9 Å². The first-order chi connectivity index (χ1) is 10.1. The second-order valence-electron chi connectivity index (χ2n) is 5.84. The van der Waals surface area contributed by atoms with Gasteiger partial charge in [0.05, 0.1) is 11.6 Å². The van der Waals surface area contributed by atoms with Crippen LogP contribution in [0, 0.1) is 0 Å². The predicted molar refractivity (Wildman–Crippen MR) is 90.5 cm³/mol. The Kier molecular flexibility index (Phi) is 4.96. The van der Waals surface area contributed by atoms with Crippen molar-refractivity contribution in [3.05, 3.63) is 42.1 Å². The maximum atomic E-state index is 4.50. The van der Waals surface area contributed by atoms with Crippen LogP contribution >= 0.6 is 0 Å². The molecule has 0 fully saturated rings. The highest BCUT2D eigenvalue weighted by molar-refractivity contribution is 5.82. The first-order valence-electron chi connectivity index (χ1n) is 7.79. The Balaban J connectivity index is 2.63. The average Bonchev–Trinajstić information content (AvgIpc) is 2.52. The van der Waals surface area contributed by atoms with Gasteiger partial charge in [0.2, 0.25) is 0 Å². The molecular weight excluding hydrogens is 258 g/mol. The average molecular weight is 285 g/mol. The van der Waals surface area contributed by atoms with Gasteiger partial charge in [-0.05, 0) is 51.7 Å². The highest BCUT2D eigenvalue weighted by Crippen LogP contribution is 2.38. The summed E-state index contributed by atoms with van der Waals surface area (Å²) in [5.74, 6) is 0. The van der Waals surface area contributed by atoms with Crippen LogP contribution in [0.3, 0.4) is 0 Å². The van der Waals surface area contributed by atoms with E-state index in [0.717, 1.165) is 18.4 Å². The Hall–Kier alpha value is -1.45. The molecule has 2 rings (SSSR count). The van der Waals surface area contributed by atoms with Gasteiger partial charge >= 0.3 is 0 Å². The van der Waals surface area contributed by atoms with Crippen LogP contribution in [0.5, 0.6) is 0 Å². The van der Waals surface area contributed by atoms with Gasteiger partial charge in [-0.1, -0.05) is 32.0 Å². The largest absolute Gasteiger partial charge is 0.311 e. The molecule has 0 radical (unpaired) electrons. The lowest BCUT2D eigenvalue weighted by molar-refractivity contribution is 0.0924. The Morgan fingerprint density at radius 3 is 2.43 bits per heavy atom. The summed E-state index contributed by atoms with van der Waals surface area (Å²) in [6.07, 6.45) is 4.05. The normalized spacial score (nSPS) is 13.8.